The Morgan fingerprint density at radius 3 is 2.50 bits per heavy atom. The lowest BCUT2D eigenvalue weighted by Gasteiger charge is -2.29. The zero-order valence-corrected chi connectivity index (χ0v) is 10.9. The molecule has 2 unspecified atom stereocenters. The van der Waals surface area contributed by atoms with Crippen molar-refractivity contribution < 1.29 is 14.7 Å². The van der Waals surface area contributed by atoms with Gasteiger partial charge >= 0.3 is 5.97 Å². The summed E-state index contributed by atoms with van der Waals surface area (Å²) < 4.78 is 0. The smallest absolute Gasteiger partial charge is 0.308 e. The van der Waals surface area contributed by atoms with E-state index in [1.54, 1.807) is 4.90 Å². The zero-order chi connectivity index (χ0) is 13.3. The first kappa shape index (κ1) is 13.3. The minimum Gasteiger partial charge on any atom is -0.481 e. The monoisotopic (exact) mass is 254 g/mol. The van der Waals surface area contributed by atoms with E-state index in [1.807, 2.05) is 6.92 Å². The minimum atomic E-state index is -0.805. The molecule has 3 N–H and O–H groups in total. The lowest BCUT2D eigenvalue weighted by molar-refractivity contribution is -0.143. The third-order valence-corrected chi connectivity index (χ3v) is 4.50. The average Bonchev–Trinajstić information content (AvgIpc) is 2.84. The van der Waals surface area contributed by atoms with Crippen LogP contribution in [-0.4, -0.2) is 40.0 Å². The molecule has 2 rings (SSSR count). The highest BCUT2D eigenvalue weighted by atomic mass is 16.4. The summed E-state index contributed by atoms with van der Waals surface area (Å²) >= 11 is 0. The lowest BCUT2D eigenvalue weighted by atomic mass is 9.93. The zero-order valence-electron chi connectivity index (χ0n) is 10.9. The second-order valence-corrected chi connectivity index (χ2v) is 5.81. The average molecular weight is 254 g/mol. The first-order valence-electron chi connectivity index (χ1n) is 6.74. The van der Waals surface area contributed by atoms with Crippen LogP contribution in [-0.2, 0) is 9.59 Å². The molecule has 5 nitrogen and oxygen atoms in total. The van der Waals surface area contributed by atoms with Gasteiger partial charge in [0, 0.05) is 24.5 Å². The Kier molecular flexibility index (Phi) is 3.61. The number of hydrogen-bond donors (Lipinski definition) is 2. The number of nitrogens with two attached hydrogens (primary N) is 1. The molecule has 1 aliphatic heterocycles. The summed E-state index contributed by atoms with van der Waals surface area (Å²) in [5, 5.41) is 9.06. The van der Waals surface area contributed by atoms with E-state index in [1.165, 1.54) is 0 Å². The second kappa shape index (κ2) is 4.88. The van der Waals surface area contributed by atoms with Gasteiger partial charge in [-0.15, -0.1) is 0 Å². The van der Waals surface area contributed by atoms with Crippen molar-refractivity contribution >= 4 is 11.9 Å². The largest absolute Gasteiger partial charge is 0.481 e. The fraction of sp³-hybridized carbons (Fsp3) is 0.846. The van der Waals surface area contributed by atoms with E-state index in [9.17, 15) is 9.59 Å². The van der Waals surface area contributed by atoms with Gasteiger partial charge in [-0.25, -0.2) is 0 Å². The van der Waals surface area contributed by atoms with Crippen molar-refractivity contribution in [2.75, 3.05) is 6.54 Å². The number of amides is 1. The highest BCUT2D eigenvalue weighted by Crippen LogP contribution is 2.32. The number of nitrogens with zero attached hydrogens (tertiary/aromatic N) is 1. The summed E-state index contributed by atoms with van der Waals surface area (Å²) in [7, 11) is 0. The third-order valence-electron chi connectivity index (χ3n) is 4.50. The summed E-state index contributed by atoms with van der Waals surface area (Å²) in [5.41, 5.74) is 5.85. The van der Waals surface area contributed by atoms with Crippen molar-refractivity contribution in [3.8, 4) is 0 Å². The van der Waals surface area contributed by atoms with E-state index in [2.05, 4.69) is 0 Å². The number of hydrogen-bond acceptors (Lipinski definition) is 3. The second-order valence-electron chi connectivity index (χ2n) is 5.81. The van der Waals surface area contributed by atoms with Crippen LogP contribution < -0.4 is 5.73 Å². The molecule has 102 valence electrons. The van der Waals surface area contributed by atoms with Gasteiger partial charge in [-0.2, -0.15) is 0 Å². The topological polar surface area (TPSA) is 83.6 Å². The molecule has 1 saturated heterocycles. The van der Waals surface area contributed by atoms with E-state index in [4.69, 9.17) is 10.8 Å². The SMILES string of the molecule is CC1C(C(=O)O)CCN1C(=O)CC1(N)CCCC1. The molecule has 0 aromatic rings. The molecular weight excluding hydrogens is 232 g/mol. The predicted octanol–water partition coefficient (Wildman–Crippen LogP) is 0.970. The van der Waals surface area contributed by atoms with Gasteiger partial charge < -0.3 is 15.7 Å². The maximum atomic E-state index is 12.2. The van der Waals surface area contributed by atoms with Crippen LogP contribution in [0, 0.1) is 5.92 Å². The van der Waals surface area contributed by atoms with Crippen LogP contribution in [0.3, 0.4) is 0 Å². The molecule has 2 aliphatic rings. The molecule has 1 amide bonds. The van der Waals surface area contributed by atoms with Crippen molar-refractivity contribution in [3.05, 3.63) is 0 Å². The maximum absolute atomic E-state index is 12.2. The Labute approximate surface area is 107 Å². The van der Waals surface area contributed by atoms with Gasteiger partial charge in [0.2, 0.25) is 5.91 Å². The fourth-order valence-electron chi connectivity index (χ4n) is 3.28. The van der Waals surface area contributed by atoms with Crippen molar-refractivity contribution in [1.82, 2.24) is 4.90 Å². The number of carboxylic acids is 1. The number of carbonyl (C=O) groups is 2. The lowest BCUT2D eigenvalue weighted by Crippen LogP contribution is -2.45. The van der Waals surface area contributed by atoms with E-state index in [0.717, 1.165) is 25.7 Å². The molecule has 1 saturated carbocycles. The Hall–Kier alpha value is -1.10. The van der Waals surface area contributed by atoms with Gasteiger partial charge in [0.05, 0.1) is 5.92 Å². The summed E-state index contributed by atoms with van der Waals surface area (Å²) in [6.07, 6.45) is 4.92. The van der Waals surface area contributed by atoms with Crippen molar-refractivity contribution in [2.24, 2.45) is 11.7 Å². The van der Waals surface area contributed by atoms with Crippen molar-refractivity contribution in [2.45, 2.75) is 57.0 Å². The summed E-state index contributed by atoms with van der Waals surface area (Å²) in [5.74, 6) is -1.21. The molecule has 0 radical (unpaired) electrons. The highest BCUT2D eigenvalue weighted by Gasteiger charge is 2.40. The molecule has 2 atom stereocenters. The Morgan fingerprint density at radius 2 is 2.00 bits per heavy atom. The van der Waals surface area contributed by atoms with Gasteiger partial charge in [-0.1, -0.05) is 12.8 Å². The van der Waals surface area contributed by atoms with Crippen molar-refractivity contribution in [1.29, 1.82) is 0 Å². The number of rotatable bonds is 3. The fourth-order valence-corrected chi connectivity index (χ4v) is 3.28. The molecular formula is C13H22N2O3. The van der Waals surface area contributed by atoms with Crippen LogP contribution in [0.5, 0.6) is 0 Å². The number of carbonyl (C=O) groups excluding carboxylic acids is 1. The van der Waals surface area contributed by atoms with Crippen LogP contribution >= 0.6 is 0 Å². The Balaban J connectivity index is 1.96. The predicted molar refractivity (Wildman–Crippen MR) is 66.9 cm³/mol. The maximum Gasteiger partial charge on any atom is 0.308 e. The van der Waals surface area contributed by atoms with Crippen LogP contribution in [0.15, 0.2) is 0 Å². The molecule has 0 aromatic heterocycles. The molecule has 0 aromatic carbocycles. The van der Waals surface area contributed by atoms with E-state index >= 15 is 0 Å². The van der Waals surface area contributed by atoms with Crippen LogP contribution in [0.1, 0.15) is 45.4 Å². The van der Waals surface area contributed by atoms with Gasteiger partial charge in [0.25, 0.3) is 0 Å². The molecule has 1 aliphatic carbocycles. The Bertz CT molecular complexity index is 350. The molecule has 0 spiro atoms. The van der Waals surface area contributed by atoms with Crippen LogP contribution in [0.2, 0.25) is 0 Å². The minimum absolute atomic E-state index is 0.0238. The van der Waals surface area contributed by atoms with Gasteiger partial charge in [-0.3, -0.25) is 9.59 Å². The number of likely N-dealkylation sites (tertiary alicyclic amines) is 1. The first-order chi connectivity index (χ1) is 8.43. The molecule has 1 heterocycles. The highest BCUT2D eigenvalue weighted by molar-refractivity contribution is 5.80. The van der Waals surface area contributed by atoms with Gasteiger partial charge in [-0.05, 0) is 26.2 Å². The van der Waals surface area contributed by atoms with Crippen LogP contribution in [0.4, 0.5) is 0 Å². The van der Waals surface area contributed by atoms with Gasteiger partial charge in [0.1, 0.15) is 0 Å². The molecule has 2 fully saturated rings. The summed E-state index contributed by atoms with van der Waals surface area (Å²) in [6, 6.07) is -0.208. The first-order valence-corrected chi connectivity index (χ1v) is 6.74. The third kappa shape index (κ3) is 2.51. The molecule has 5 heteroatoms. The quantitative estimate of drug-likeness (QED) is 0.786. The normalized spacial score (nSPS) is 30.7. The number of carboxylic acid groups (broad SMARTS) is 1. The number of aliphatic carboxylic acids is 1. The van der Waals surface area contributed by atoms with Crippen molar-refractivity contribution in [3.63, 3.8) is 0 Å². The Morgan fingerprint density at radius 1 is 1.39 bits per heavy atom. The van der Waals surface area contributed by atoms with E-state index < -0.39 is 11.9 Å². The summed E-state index contributed by atoms with van der Waals surface area (Å²) in [4.78, 5) is 25.0. The standard InChI is InChI=1S/C13H22N2O3/c1-9-10(12(17)18)4-7-15(9)11(16)8-13(14)5-2-3-6-13/h9-10H,2-8,14H2,1H3,(H,17,18). The molecule has 18 heavy (non-hydrogen) atoms. The van der Waals surface area contributed by atoms with Crippen LogP contribution in [0.25, 0.3) is 0 Å². The van der Waals surface area contributed by atoms with Gasteiger partial charge in [0.15, 0.2) is 0 Å². The molecule has 0 bridgehead atoms. The summed E-state index contributed by atoms with van der Waals surface area (Å²) in [6.45, 7) is 2.37. The van der Waals surface area contributed by atoms with E-state index in [0.29, 0.717) is 19.4 Å². The van der Waals surface area contributed by atoms with E-state index in [-0.39, 0.29) is 17.5 Å².